The minimum absolute atomic E-state index is 0. The average molecular weight is 270 g/mol. The first-order valence-electron chi connectivity index (χ1n) is 2.16. The van der Waals surface area contributed by atoms with Crippen molar-refractivity contribution >= 4 is 82.7 Å². The van der Waals surface area contributed by atoms with Crippen LogP contribution in [0.1, 0.15) is 0 Å². The van der Waals surface area contributed by atoms with Crippen LogP contribution in [0.2, 0.25) is 0 Å². The van der Waals surface area contributed by atoms with E-state index in [-0.39, 0.29) is 57.0 Å². The Morgan fingerprint density at radius 2 is 1.09 bits per heavy atom. The summed E-state index contributed by atoms with van der Waals surface area (Å²) in [4.78, 5) is 18.4. The van der Waals surface area contributed by atoms with Gasteiger partial charge in [0, 0.05) is 11.5 Å². The molecule has 0 aliphatic carbocycles. The van der Waals surface area contributed by atoms with Crippen LogP contribution in [0.5, 0.6) is 0 Å². The molecule has 0 saturated carbocycles. The van der Waals surface area contributed by atoms with E-state index < -0.39 is 11.9 Å². The maximum Gasteiger partial charge on any atom is 2.00 e. The standard InChI is InChI=1S/2C2H4O2S.Sr/c2*3-2(4)1-5;/h2*5H,1H2,(H,3,4);/q;;+2/p-2. The van der Waals surface area contributed by atoms with Crippen LogP contribution in [-0.4, -0.2) is 68.9 Å². The predicted octanol–water partition coefficient (Wildman–Crippen LogP) is -3.05. The summed E-state index contributed by atoms with van der Waals surface area (Å²) < 4.78 is 0. The second-order valence-electron chi connectivity index (χ2n) is 1.06. The zero-order valence-corrected chi connectivity index (χ0v) is 10.9. The molecule has 0 fully saturated rings. The Morgan fingerprint density at radius 3 is 1.09 bits per heavy atom. The van der Waals surface area contributed by atoms with Crippen molar-refractivity contribution in [2.45, 2.75) is 0 Å². The van der Waals surface area contributed by atoms with Crippen molar-refractivity contribution in [3.8, 4) is 0 Å². The Balaban J connectivity index is -0.000000107. The third-order valence-electron chi connectivity index (χ3n) is 0.258. The third-order valence-corrected chi connectivity index (χ3v) is 0.775. The number of thiol groups is 2. The van der Waals surface area contributed by atoms with Crippen molar-refractivity contribution in [3.63, 3.8) is 0 Å². The van der Waals surface area contributed by atoms with E-state index in [1.54, 1.807) is 0 Å². The Kier molecular flexibility index (Phi) is 22.4. The van der Waals surface area contributed by atoms with Crippen molar-refractivity contribution in [2.75, 3.05) is 11.5 Å². The van der Waals surface area contributed by atoms with Crippen LogP contribution in [0.15, 0.2) is 0 Å². The first-order chi connectivity index (χ1) is 4.54. The van der Waals surface area contributed by atoms with Gasteiger partial charge in [-0.3, -0.25) is 0 Å². The van der Waals surface area contributed by atoms with E-state index >= 15 is 0 Å². The summed E-state index contributed by atoms with van der Waals surface area (Å²) in [6.07, 6.45) is 0. The van der Waals surface area contributed by atoms with Gasteiger partial charge in [0.1, 0.15) is 0 Å². The topological polar surface area (TPSA) is 80.3 Å². The van der Waals surface area contributed by atoms with Crippen molar-refractivity contribution in [1.29, 1.82) is 0 Å². The molecule has 11 heavy (non-hydrogen) atoms. The summed E-state index contributed by atoms with van der Waals surface area (Å²) in [7, 11) is 0. The van der Waals surface area contributed by atoms with Crippen molar-refractivity contribution in [1.82, 2.24) is 0 Å². The fourth-order valence-electron chi connectivity index (χ4n) is 0. The quantitative estimate of drug-likeness (QED) is 0.412. The van der Waals surface area contributed by atoms with Crippen LogP contribution < -0.4 is 10.2 Å². The van der Waals surface area contributed by atoms with Crippen molar-refractivity contribution in [2.24, 2.45) is 0 Å². The van der Waals surface area contributed by atoms with Crippen LogP contribution in [0.25, 0.3) is 0 Å². The van der Waals surface area contributed by atoms with E-state index in [4.69, 9.17) is 0 Å². The molecular formula is C4H6O4S2Sr. The summed E-state index contributed by atoms with van der Waals surface area (Å²) in [6.45, 7) is 0. The van der Waals surface area contributed by atoms with E-state index in [0.717, 1.165) is 0 Å². The van der Waals surface area contributed by atoms with Gasteiger partial charge >= 0.3 is 45.5 Å². The Morgan fingerprint density at radius 1 is 1.00 bits per heavy atom. The molecule has 60 valence electrons. The molecule has 0 radical (unpaired) electrons. The van der Waals surface area contributed by atoms with Gasteiger partial charge in [-0.25, -0.2) is 0 Å². The van der Waals surface area contributed by atoms with Crippen molar-refractivity contribution in [3.05, 3.63) is 0 Å². The first kappa shape index (κ1) is 18.0. The molecule has 0 spiro atoms. The maximum atomic E-state index is 9.18. The molecule has 0 saturated heterocycles. The summed E-state index contributed by atoms with van der Waals surface area (Å²) in [6, 6.07) is 0. The molecule has 7 heteroatoms. The van der Waals surface area contributed by atoms with Crippen molar-refractivity contribution < 1.29 is 19.8 Å². The fraction of sp³-hybridized carbons (Fsp3) is 0.500. The molecule has 4 nitrogen and oxygen atoms in total. The van der Waals surface area contributed by atoms with E-state index in [1.807, 2.05) is 0 Å². The van der Waals surface area contributed by atoms with Crippen LogP contribution in [0.4, 0.5) is 0 Å². The van der Waals surface area contributed by atoms with Gasteiger partial charge in [-0.2, -0.15) is 25.3 Å². The fourth-order valence-corrected chi connectivity index (χ4v) is 0. The molecule has 0 N–H and O–H groups in total. The molecular weight excluding hydrogens is 264 g/mol. The number of carboxylic acid groups (broad SMARTS) is 2. The van der Waals surface area contributed by atoms with E-state index in [2.05, 4.69) is 25.3 Å². The minimum Gasteiger partial charge on any atom is -0.549 e. The molecule has 0 aromatic rings. The van der Waals surface area contributed by atoms with Crippen LogP contribution in [-0.2, 0) is 9.59 Å². The number of rotatable bonds is 2. The monoisotopic (exact) mass is 270 g/mol. The minimum atomic E-state index is -1.13. The molecule has 0 aliphatic heterocycles. The molecule has 0 aliphatic rings. The molecule has 0 unspecified atom stereocenters. The summed E-state index contributed by atoms with van der Waals surface area (Å²) in [5, 5.41) is 18.4. The SMILES string of the molecule is O=C([O-])CS.O=C([O-])CS.[Sr+2]. The molecule has 0 rings (SSSR count). The number of hydrogen-bond donors (Lipinski definition) is 2. The van der Waals surface area contributed by atoms with E-state index in [9.17, 15) is 19.8 Å². The Hall–Kier alpha value is 1.12. The van der Waals surface area contributed by atoms with Gasteiger partial charge in [0.25, 0.3) is 0 Å². The molecule has 0 bridgehead atoms. The van der Waals surface area contributed by atoms with Crippen LogP contribution >= 0.6 is 25.3 Å². The second-order valence-corrected chi connectivity index (χ2v) is 1.69. The number of carboxylic acids is 2. The normalized spacial score (nSPS) is 6.73. The molecule has 0 atom stereocenters. The number of hydrogen-bond acceptors (Lipinski definition) is 6. The third kappa shape index (κ3) is 35.3. The van der Waals surface area contributed by atoms with E-state index in [0.29, 0.717) is 0 Å². The summed E-state index contributed by atoms with van der Waals surface area (Å²) in [5.41, 5.74) is 0. The van der Waals surface area contributed by atoms with Gasteiger partial charge in [0.15, 0.2) is 0 Å². The largest absolute Gasteiger partial charge is 2.00 e. The van der Waals surface area contributed by atoms with Crippen LogP contribution in [0.3, 0.4) is 0 Å². The zero-order chi connectivity index (χ0) is 8.57. The zero-order valence-electron chi connectivity index (χ0n) is 5.65. The number of carbonyl (C=O) groups is 2. The van der Waals surface area contributed by atoms with Crippen LogP contribution in [0, 0.1) is 0 Å². The van der Waals surface area contributed by atoms with Gasteiger partial charge in [-0.05, 0) is 0 Å². The molecule has 0 aromatic carbocycles. The van der Waals surface area contributed by atoms with Gasteiger partial charge in [-0.15, -0.1) is 0 Å². The van der Waals surface area contributed by atoms with Gasteiger partial charge in [0.05, 0.1) is 11.9 Å². The molecule has 0 amide bonds. The molecule has 0 aromatic heterocycles. The Bertz CT molecular complexity index is 105. The number of aliphatic carboxylic acids is 2. The van der Waals surface area contributed by atoms with Gasteiger partial charge in [0.2, 0.25) is 0 Å². The Labute approximate surface area is 112 Å². The maximum absolute atomic E-state index is 9.18. The average Bonchev–Trinajstić information content (AvgIpc) is 1.89. The summed E-state index contributed by atoms with van der Waals surface area (Å²) >= 11 is 6.71. The van der Waals surface area contributed by atoms with Gasteiger partial charge in [-0.1, -0.05) is 0 Å². The van der Waals surface area contributed by atoms with E-state index in [1.165, 1.54) is 0 Å². The number of carbonyl (C=O) groups excluding carboxylic acids is 2. The second kappa shape index (κ2) is 13.7. The smallest absolute Gasteiger partial charge is 0.549 e. The van der Waals surface area contributed by atoms with Gasteiger partial charge < -0.3 is 19.8 Å². The first-order valence-corrected chi connectivity index (χ1v) is 3.42. The predicted molar refractivity (Wildman–Crippen MR) is 43.5 cm³/mol. The summed E-state index contributed by atoms with van der Waals surface area (Å²) in [5.74, 6) is -2.65. The molecule has 0 heterocycles.